The average Bonchev–Trinajstić information content (AvgIpc) is 2.77. The van der Waals surface area contributed by atoms with Crippen LogP contribution in [-0.2, 0) is 9.47 Å². The fourth-order valence-corrected chi connectivity index (χ4v) is 3.52. The molecule has 4 rings (SSSR count). The number of morpholine rings is 2. The molecule has 0 N–H and O–H groups in total. The van der Waals surface area contributed by atoms with Crippen molar-refractivity contribution in [3.63, 3.8) is 0 Å². The van der Waals surface area contributed by atoms with Crippen molar-refractivity contribution >= 4 is 11.9 Å². The predicted octanol–water partition coefficient (Wildman–Crippen LogP) is 0.464. The molecule has 0 spiro atoms. The number of ether oxygens (including phenoxy) is 2. The summed E-state index contributed by atoms with van der Waals surface area (Å²) >= 11 is 0. The van der Waals surface area contributed by atoms with E-state index in [4.69, 9.17) is 14.5 Å². The fraction of sp³-hybridized carbons (Fsp3) is 0.786. The lowest BCUT2D eigenvalue weighted by Crippen LogP contribution is -2.48. The molecule has 3 saturated heterocycles. The Bertz CT molecular complexity index is 498. The maximum Gasteiger partial charge on any atom is 0.230 e. The number of rotatable bonds is 2. The van der Waals surface area contributed by atoms with E-state index in [1.54, 1.807) is 6.33 Å². The van der Waals surface area contributed by atoms with E-state index < -0.39 is 0 Å². The predicted molar refractivity (Wildman–Crippen MR) is 77.6 cm³/mol. The highest BCUT2D eigenvalue weighted by molar-refractivity contribution is 5.42. The number of fused-ring (bicyclic) bond motifs is 2. The molecule has 7 heteroatoms. The van der Waals surface area contributed by atoms with Gasteiger partial charge in [-0.2, -0.15) is 4.98 Å². The van der Waals surface area contributed by atoms with Crippen LogP contribution in [-0.4, -0.2) is 66.0 Å². The smallest absolute Gasteiger partial charge is 0.230 e. The van der Waals surface area contributed by atoms with Gasteiger partial charge in [0.25, 0.3) is 0 Å². The van der Waals surface area contributed by atoms with Gasteiger partial charge in [0.05, 0.1) is 44.6 Å². The third-order valence-electron chi connectivity index (χ3n) is 4.64. The van der Waals surface area contributed by atoms with Crippen molar-refractivity contribution in [3.8, 4) is 0 Å². The van der Waals surface area contributed by atoms with Crippen LogP contribution in [0.4, 0.5) is 11.9 Å². The molecule has 3 aliphatic heterocycles. The number of hydrogen-bond donors (Lipinski definition) is 0. The van der Waals surface area contributed by atoms with Gasteiger partial charge in [-0.25, -0.2) is 9.97 Å². The Morgan fingerprint density at radius 2 is 1.81 bits per heavy atom. The zero-order valence-corrected chi connectivity index (χ0v) is 12.3. The quantitative estimate of drug-likeness (QED) is 0.784. The second kappa shape index (κ2) is 5.38. The van der Waals surface area contributed by atoms with Crippen molar-refractivity contribution in [3.05, 3.63) is 6.33 Å². The molecule has 3 aliphatic rings. The maximum absolute atomic E-state index is 5.63. The van der Waals surface area contributed by atoms with Crippen LogP contribution in [0.2, 0.25) is 0 Å². The Hall–Kier alpha value is -1.47. The zero-order chi connectivity index (χ0) is 14.2. The summed E-state index contributed by atoms with van der Waals surface area (Å²) in [5, 5.41) is 0. The number of aromatic nitrogens is 3. The molecule has 114 valence electrons. The van der Waals surface area contributed by atoms with Gasteiger partial charge in [0.15, 0.2) is 0 Å². The Morgan fingerprint density at radius 1 is 1.05 bits per heavy atom. The molecule has 0 saturated carbocycles. The molecule has 0 amide bonds. The third kappa shape index (κ3) is 2.34. The van der Waals surface area contributed by atoms with Crippen LogP contribution in [0.5, 0.6) is 0 Å². The van der Waals surface area contributed by atoms with Crippen molar-refractivity contribution in [1.82, 2.24) is 15.0 Å². The van der Waals surface area contributed by atoms with E-state index in [0.717, 1.165) is 44.9 Å². The minimum Gasteiger partial charge on any atom is -0.377 e. The lowest BCUT2D eigenvalue weighted by molar-refractivity contribution is 0.0895. The molecule has 0 aliphatic carbocycles. The van der Waals surface area contributed by atoms with Gasteiger partial charge in [-0.1, -0.05) is 0 Å². The highest BCUT2D eigenvalue weighted by Crippen LogP contribution is 2.32. The van der Waals surface area contributed by atoms with Crippen molar-refractivity contribution in [2.24, 2.45) is 0 Å². The molecule has 7 nitrogen and oxygen atoms in total. The maximum atomic E-state index is 5.63. The molecule has 3 fully saturated rings. The zero-order valence-electron chi connectivity index (χ0n) is 12.3. The SMILES string of the molecule is C[C@H]1COCCN1c1ncnc(N2C3CCC2COC3)n1. The molecule has 4 heterocycles. The highest BCUT2D eigenvalue weighted by atomic mass is 16.5. The summed E-state index contributed by atoms with van der Waals surface area (Å²) in [7, 11) is 0. The number of nitrogens with zero attached hydrogens (tertiary/aromatic N) is 5. The Morgan fingerprint density at radius 3 is 2.57 bits per heavy atom. The Balaban J connectivity index is 1.61. The van der Waals surface area contributed by atoms with E-state index in [1.807, 2.05) is 0 Å². The van der Waals surface area contributed by atoms with Crippen molar-refractivity contribution in [1.29, 1.82) is 0 Å². The second-order valence-corrected chi connectivity index (χ2v) is 6.03. The number of hydrogen-bond acceptors (Lipinski definition) is 7. The van der Waals surface area contributed by atoms with E-state index in [0.29, 0.717) is 18.1 Å². The molecule has 0 aromatic carbocycles. The van der Waals surface area contributed by atoms with Gasteiger partial charge in [0.2, 0.25) is 11.9 Å². The highest BCUT2D eigenvalue weighted by Gasteiger charge is 2.39. The summed E-state index contributed by atoms with van der Waals surface area (Å²) < 4.78 is 11.1. The number of anilines is 2. The van der Waals surface area contributed by atoms with E-state index in [1.165, 1.54) is 12.8 Å². The second-order valence-electron chi connectivity index (χ2n) is 6.03. The topological polar surface area (TPSA) is 63.6 Å². The first-order valence-corrected chi connectivity index (χ1v) is 7.72. The molecule has 2 bridgehead atoms. The molecule has 1 aromatic rings. The molecular formula is C14H21N5O2. The molecule has 3 atom stereocenters. The monoisotopic (exact) mass is 291 g/mol. The first-order chi connectivity index (χ1) is 10.3. The molecular weight excluding hydrogens is 270 g/mol. The van der Waals surface area contributed by atoms with E-state index in [-0.39, 0.29) is 0 Å². The lowest BCUT2D eigenvalue weighted by atomic mass is 10.2. The minimum absolute atomic E-state index is 0.301. The minimum atomic E-state index is 0.301. The summed E-state index contributed by atoms with van der Waals surface area (Å²) in [6.45, 7) is 6.00. The van der Waals surface area contributed by atoms with Crippen LogP contribution in [0.25, 0.3) is 0 Å². The Labute approximate surface area is 124 Å². The van der Waals surface area contributed by atoms with Crippen molar-refractivity contribution in [2.45, 2.75) is 37.9 Å². The van der Waals surface area contributed by atoms with Crippen molar-refractivity contribution in [2.75, 3.05) is 42.8 Å². The van der Waals surface area contributed by atoms with Gasteiger partial charge in [-0.3, -0.25) is 0 Å². The van der Waals surface area contributed by atoms with Gasteiger partial charge in [-0.15, -0.1) is 0 Å². The van der Waals surface area contributed by atoms with E-state index >= 15 is 0 Å². The lowest BCUT2D eigenvalue weighted by Gasteiger charge is -2.36. The standard InChI is InChI=1S/C14H21N5O2/c1-10-6-20-5-4-18(10)13-15-9-16-14(17-13)19-11-2-3-12(19)8-21-7-11/h9-12H,2-8H2,1H3/t10-,11?,12?/m0/s1. The molecule has 1 aromatic heterocycles. The largest absolute Gasteiger partial charge is 0.377 e. The van der Waals surface area contributed by atoms with Gasteiger partial charge < -0.3 is 19.3 Å². The summed E-state index contributed by atoms with van der Waals surface area (Å²) in [6, 6.07) is 1.14. The van der Waals surface area contributed by atoms with Gasteiger partial charge in [0, 0.05) is 6.54 Å². The summed E-state index contributed by atoms with van der Waals surface area (Å²) in [4.78, 5) is 18.1. The van der Waals surface area contributed by atoms with Crippen LogP contribution in [0.3, 0.4) is 0 Å². The van der Waals surface area contributed by atoms with Gasteiger partial charge >= 0.3 is 0 Å². The van der Waals surface area contributed by atoms with Gasteiger partial charge in [-0.05, 0) is 19.8 Å². The van der Waals surface area contributed by atoms with Crippen LogP contribution in [0.15, 0.2) is 6.33 Å². The molecule has 0 radical (unpaired) electrons. The van der Waals surface area contributed by atoms with Gasteiger partial charge in [0.1, 0.15) is 6.33 Å². The molecule has 2 unspecified atom stereocenters. The van der Waals surface area contributed by atoms with E-state index in [2.05, 4.69) is 26.7 Å². The third-order valence-corrected chi connectivity index (χ3v) is 4.64. The Kier molecular flexibility index (Phi) is 3.39. The average molecular weight is 291 g/mol. The molecule has 21 heavy (non-hydrogen) atoms. The first-order valence-electron chi connectivity index (χ1n) is 7.72. The summed E-state index contributed by atoms with van der Waals surface area (Å²) in [5.74, 6) is 1.57. The summed E-state index contributed by atoms with van der Waals surface area (Å²) in [5.41, 5.74) is 0. The normalized spacial score (nSPS) is 32.5. The first kappa shape index (κ1) is 13.2. The summed E-state index contributed by atoms with van der Waals surface area (Å²) in [6.07, 6.45) is 3.97. The van der Waals surface area contributed by atoms with Crippen molar-refractivity contribution < 1.29 is 9.47 Å². The van der Waals surface area contributed by atoms with E-state index in [9.17, 15) is 0 Å². The van der Waals surface area contributed by atoms with Crippen LogP contribution in [0, 0.1) is 0 Å². The van der Waals surface area contributed by atoms with Crippen LogP contribution < -0.4 is 9.80 Å². The van der Waals surface area contributed by atoms with Crippen LogP contribution >= 0.6 is 0 Å². The fourth-order valence-electron chi connectivity index (χ4n) is 3.52. The van der Waals surface area contributed by atoms with Crippen LogP contribution in [0.1, 0.15) is 19.8 Å².